The number of unbranched alkanes of at least 4 members (excludes halogenated alkanes) is 2. The molecule has 1 aliphatic carbocycles. The fraction of sp³-hybridized carbons (Fsp3) is 0.774. The van der Waals surface area contributed by atoms with Crippen molar-refractivity contribution in [2.24, 2.45) is 11.8 Å². The largest absolute Gasteiger partial charge is 0.466 e. The van der Waals surface area contributed by atoms with Gasteiger partial charge in [-0.05, 0) is 51.4 Å². The third-order valence-corrected chi connectivity index (χ3v) is 7.77. The number of Topliss-reactive ketones (excluding diaryl/α,β-unsaturated/α-hetero) is 2. The first-order valence-corrected chi connectivity index (χ1v) is 15.0. The maximum Gasteiger partial charge on any atom is 0.330 e. The van der Waals surface area contributed by atoms with Crippen molar-refractivity contribution in [2.75, 3.05) is 20.3 Å². The molecule has 2 aliphatic heterocycles. The number of ether oxygens (including phenoxy) is 5. The van der Waals surface area contributed by atoms with Gasteiger partial charge >= 0.3 is 5.97 Å². The lowest BCUT2D eigenvalue weighted by atomic mass is 9.88. The Bertz CT molecular complexity index is 809. The summed E-state index contributed by atoms with van der Waals surface area (Å²) in [4.78, 5) is 37.3. The average Bonchev–Trinajstić information content (AvgIpc) is 3.23. The Balaban J connectivity index is 1.69. The van der Waals surface area contributed by atoms with Crippen molar-refractivity contribution in [2.45, 2.75) is 122 Å². The van der Waals surface area contributed by atoms with Crippen LogP contribution in [0.25, 0.3) is 0 Å². The van der Waals surface area contributed by atoms with Gasteiger partial charge in [0.15, 0.2) is 12.6 Å². The van der Waals surface area contributed by atoms with Crippen LogP contribution in [0.1, 0.15) is 96.8 Å². The van der Waals surface area contributed by atoms with Crippen LogP contribution in [0.2, 0.25) is 0 Å². The van der Waals surface area contributed by atoms with Gasteiger partial charge in [-0.3, -0.25) is 9.59 Å². The van der Waals surface area contributed by atoms with Crippen LogP contribution in [0.5, 0.6) is 0 Å². The molecular formula is C31H48O8. The number of hydrogen-bond acceptors (Lipinski definition) is 8. The van der Waals surface area contributed by atoms with E-state index in [0.29, 0.717) is 13.0 Å². The highest BCUT2D eigenvalue weighted by Crippen LogP contribution is 2.37. The van der Waals surface area contributed by atoms with Crippen LogP contribution >= 0.6 is 0 Å². The summed E-state index contributed by atoms with van der Waals surface area (Å²) < 4.78 is 28.9. The molecule has 0 bridgehead atoms. The maximum atomic E-state index is 13.2. The Hall–Kier alpha value is -1.87. The Morgan fingerprint density at radius 3 is 2.46 bits per heavy atom. The zero-order valence-corrected chi connectivity index (χ0v) is 23.9. The highest BCUT2D eigenvalue weighted by Gasteiger charge is 2.43. The molecule has 3 rings (SSSR count). The monoisotopic (exact) mass is 548 g/mol. The molecule has 3 fully saturated rings. The molecule has 0 aromatic rings. The molecule has 8 nitrogen and oxygen atoms in total. The lowest BCUT2D eigenvalue weighted by molar-refractivity contribution is -0.192. The van der Waals surface area contributed by atoms with E-state index in [0.717, 1.165) is 70.8 Å². The molecule has 0 radical (unpaired) electrons. The Morgan fingerprint density at radius 1 is 1.05 bits per heavy atom. The van der Waals surface area contributed by atoms with E-state index in [1.54, 1.807) is 6.08 Å². The molecule has 0 N–H and O–H groups in total. The molecule has 0 amide bonds. The fourth-order valence-electron chi connectivity index (χ4n) is 5.53. The van der Waals surface area contributed by atoms with Crippen LogP contribution in [0.15, 0.2) is 24.3 Å². The molecular weight excluding hydrogens is 500 g/mol. The molecule has 39 heavy (non-hydrogen) atoms. The van der Waals surface area contributed by atoms with Crippen molar-refractivity contribution in [3.8, 4) is 0 Å². The van der Waals surface area contributed by atoms with Gasteiger partial charge in [0.1, 0.15) is 11.6 Å². The van der Waals surface area contributed by atoms with Crippen LogP contribution in [0, 0.1) is 11.8 Å². The minimum Gasteiger partial charge on any atom is -0.466 e. The number of ketones is 2. The second kappa shape index (κ2) is 17.7. The van der Waals surface area contributed by atoms with Gasteiger partial charge in [-0.1, -0.05) is 44.4 Å². The molecule has 0 aromatic carbocycles. The van der Waals surface area contributed by atoms with Crippen molar-refractivity contribution >= 4 is 17.5 Å². The lowest BCUT2D eigenvalue weighted by Crippen LogP contribution is -2.31. The van der Waals surface area contributed by atoms with Crippen molar-refractivity contribution in [3.63, 3.8) is 0 Å². The van der Waals surface area contributed by atoms with Crippen LogP contribution < -0.4 is 0 Å². The smallest absolute Gasteiger partial charge is 0.330 e. The van der Waals surface area contributed by atoms with Crippen molar-refractivity contribution in [1.29, 1.82) is 0 Å². The van der Waals surface area contributed by atoms with Crippen LogP contribution in [0.3, 0.4) is 0 Å². The van der Waals surface area contributed by atoms with Gasteiger partial charge in [0.05, 0.1) is 19.3 Å². The molecule has 2 heterocycles. The predicted octanol–water partition coefficient (Wildman–Crippen LogP) is 5.62. The highest BCUT2D eigenvalue weighted by atomic mass is 16.7. The van der Waals surface area contributed by atoms with Gasteiger partial charge in [-0.2, -0.15) is 0 Å². The van der Waals surface area contributed by atoms with E-state index in [-0.39, 0.29) is 61.5 Å². The van der Waals surface area contributed by atoms with Gasteiger partial charge in [0, 0.05) is 50.4 Å². The maximum absolute atomic E-state index is 13.2. The van der Waals surface area contributed by atoms with Gasteiger partial charge in [-0.15, -0.1) is 0 Å². The first-order valence-electron chi connectivity index (χ1n) is 15.0. The van der Waals surface area contributed by atoms with E-state index >= 15 is 0 Å². The quantitative estimate of drug-likeness (QED) is 0.106. The van der Waals surface area contributed by atoms with E-state index in [1.165, 1.54) is 13.2 Å². The van der Waals surface area contributed by atoms with Gasteiger partial charge in [0.25, 0.3) is 0 Å². The summed E-state index contributed by atoms with van der Waals surface area (Å²) in [6, 6.07) is 0. The minimum absolute atomic E-state index is 0.00202. The number of carbonyl (C=O) groups is 3. The van der Waals surface area contributed by atoms with Crippen molar-refractivity contribution in [1.82, 2.24) is 0 Å². The number of hydrogen-bond donors (Lipinski definition) is 0. The molecule has 3 aliphatic rings. The van der Waals surface area contributed by atoms with E-state index in [9.17, 15) is 14.4 Å². The van der Waals surface area contributed by atoms with Gasteiger partial charge in [0.2, 0.25) is 0 Å². The number of allylic oxidation sites excluding steroid dienone is 1. The van der Waals surface area contributed by atoms with Crippen molar-refractivity contribution < 1.29 is 38.1 Å². The van der Waals surface area contributed by atoms with Gasteiger partial charge < -0.3 is 23.7 Å². The first kappa shape index (κ1) is 31.7. The standard InChI is InChI=1S/C31H48O8/c1-3-4-5-13-24(38-30-15-8-10-19-36-30)17-18-25-26(21-23(32)12-6-7-14-29(34)35-2)27(33)22-28(25)39-31-16-9-11-20-37-31/h7,14,17-18,24-26,28,30-31H,3-6,8-13,15-16,19-22H2,1-2H3/t24?,25-,26-,28?,30?,31?/m1/s1. The Kier molecular flexibility index (Phi) is 14.4. The zero-order valence-electron chi connectivity index (χ0n) is 23.9. The topological polar surface area (TPSA) is 97.4 Å². The molecule has 0 spiro atoms. The fourth-order valence-corrected chi connectivity index (χ4v) is 5.53. The van der Waals surface area contributed by atoms with Crippen LogP contribution in [0.4, 0.5) is 0 Å². The van der Waals surface area contributed by atoms with Crippen molar-refractivity contribution in [3.05, 3.63) is 24.3 Å². The Morgan fingerprint density at radius 2 is 1.79 bits per heavy atom. The lowest BCUT2D eigenvalue weighted by Gasteiger charge is -2.29. The predicted molar refractivity (Wildman–Crippen MR) is 147 cm³/mol. The average molecular weight is 549 g/mol. The molecule has 6 atom stereocenters. The molecule has 4 unspecified atom stereocenters. The molecule has 220 valence electrons. The van der Waals surface area contributed by atoms with Gasteiger partial charge in [-0.25, -0.2) is 4.79 Å². The number of rotatable bonds is 16. The second-order valence-electron chi connectivity index (χ2n) is 10.9. The van der Waals surface area contributed by atoms with Crippen LogP contribution in [-0.2, 0) is 38.1 Å². The zero-order chi connectivity index (χ0) is 27.9. The summed E-state index contributed by atoms with van der Waals surface area (Å²) in [7, 11) is 1.32. The summed E-state index contributed by atoms with van der Waals surface area (Å²) in [5.74, 6) is -1.04. The highest BCUT2D eigenvalue weighted by molar-refractivity contribution is 5.90. The van der Waals surface area contributed by atoms with E-state index in [1.807, 2.05) is 0 Å². The van der Waals surface area contributed by atoms with E-state index < -0.39 is 11.9 Å². The summed E-state index contributed by atoms with van der Waals surface area (Å²) in [5, 5.41) is 0. The Labute approximate surface area is 233 Å². The molecule has 8 heteroatoms. The van der Waals surface area contributed by atoms with E-state index in [4.69, 9.17) is 18.9 Å². The van der Waals surface area contributed by atoms with Crippen LogP contribution in [-0.4, -0.2) is 62.6 Å². The summed E-state index contributed by atoms with van der Waals surface area (Å²) in [5.41, 5.74) is 0. The molecule has 0 aromatic heterocycles. The number of esters is 1. The third kappa shape index (κ3) is 11.3. The molecule has 1 saturated carbocycles. The normalized spacial score (nSPS) is 28.8. The first-order chi connectivity index (χ1) is 19.0. The summed E-state index contributed by atoms with van der Waals surface area (Å²) in [6.07, 6.45) is 17.5. The number of carbonyl (C=O) groups excluding carboxylic acids is 3. The molecule has 2 saturated heterocycles. The number of methoxy groups -OCH3 is 1. The SMILES string of the molecule is CCCCCC(C=C[C@H]1C(OC2CCCCO2)CC(=O)[C@@H]1CC(=O)CCC=CC(=O)OC)OC1CCCCO1. The second-order valence-corrected chi connectivity index (χ2v) is 10.9. The third-order valence-electron chi connectivity index (χ3n) is 7.77. The van der Waals surface area contributed by atoms with E-state index in [2.05, 4.69) is 23.8 Å². The summed E-state index contributed by atoms with van der Waals surface area (Å²) in [6.45, 7) is 3.58. The minimum atomic E-state index is -0.446. The summed E-state index contributed by atoms with van der Waals surface area (Å²) >= 11 is 0.